The lowest BCUT2D eigenvalue weighted by atomic mass is 10.3. The van der Waals surface area contributed by atoms with Gasteiger partial charge >= 0.3 is 6.03 Å². The average Bonchev–Trinajstić information content (AvgIpc) is 3.39. The molecule has 0 unspecified atom stereocenters. The third kappa shape index (κ3) is 5.91. The summed E-state index contributed by atoms with van der Waals surface area (Å²) in [6, 6.07) is 12.8. The monoisotopic (exact) mass is 566 g/mol. The van der Waals surface area contributed by atoms with Crippen molar-refractivity contribution in [3.05, 3.63) is 53.3 Å². The number of amides is 2. The van der Waals surface area contributed by atoms with Crippen LogP contribution >= 0.6 is 11.6 Å². The van der Waals surface area contributed by atoms with E-state index < -0.39 is 0 Å². The van der Waals surface area contributed by atoms with E-state index in [1.165, 1.54) is 7.11 Å². The van der Waals surface area contributed by atoms with Crippen LogP contribution in [0.5, 0.6) is 23.1 Å². The molecule has 2 N–H and O–H groups in total. The number of anilines is 2. The number of imidazole rings is 1. The number of para-hydroxylation sites is 2. The van der Waals surface area contributed by atoms with Crippen LogP contribution in [-0.4, -0.2) is 90.3 Å². The number of methoxy groups -OCH3 is 2. The molecule has 3 heterocycles. The smallest absolute Gasteiger partial charge is 0.319 e. The molecule has 12 nitrogen and oxygen atoms in total. The summed E-state index contributed by atoms with van der Waals surface area (Å²) in [6.45, 7) is 2.66. The molecule has 1 saturated heterocycles. The second kappa shape index (κ2) is 11.7. The summed E-state index contributed by atoms with van der Waals surface area (Å²) in [5, 5.41) is 3.66. The molecule has 0 radical (unpaired) electrons. The molecule has 2 aromatic carbocycles. The van der Waals surface area contributed by atoms with E-state index in [-0.39, 0.29) is 11.9 Å². The third-order valence-corrected chi connectivity index (χ3v) is 6.73. The number of halogens is 1. The number of fused-ring (bicyclic) bond motifs is 1. The molecular formula is C27H31ClN8O4. The van der Waals surface area contributed by atoms with E-state index >= 15 is 0 Å². The van der Waals surface area contributed by atoms with Crippen molar-refractivity contribution < 1.29 is 19.0 Å². The zero-order valence-electron chi connectivity index (χ0n) is 22.8. The summed E-state index contributed by atoms with van der Waals surface area (Å²) in [7, 11) is 6.58. The molecule has 1 aliphatic heterocycles. The fourth-order valence-corrected chi connectivity index (χ4v) is 4.56. The van der Waals surface area contributed by atoms with Crippen molar-refractivity contribution in [1.29, 1.82) is 0 Å². The lowest BCUT2D eigenvalue weighted by molar-refractivity contribution is 0.167. The number of aromatic amines is 1. The average molecular weight is 567 g/mol. The zero-order chi connectivity index (χ0) is 28.2. The van der Waals surface area contributed by atoms with Gasteiger partial charge in [0, 0.05) is 58.5 Å². The predicted octanol–water partition coefficient (Wildman–Crippen LogP) is 4.23. The van der Waals surface area contributed by atoms with Gasteiger partial charge in [0.1, 0.15) is 11.6 Å². The van der Waals surface area contributed by atoms with Crippen LogP contribution in [-0.2, 0) is 6.54 Å². The minimum absolute atomic E-state index is 0.0195. The molecule has 1 fully saturated rings. The highest BCUT2D eigenvalue weighted by Gasteiger charge is 2.25. The number of nitrogens with one attached hydrogen (secondary N) is 2. The second-order valence-electron chi connectivity index (χ2n) is 9.34. The Bertz CT molecular complexity index is 1470. The first-order valence-electron chi connectivity index (χ1n) is 12.7. The molecule has 210 valence electrons. The van der Waals surface area contributed by atoms with Crippen molar-refractivity contribution in [3.63, 3.8) is 0 Å². The number of piperazine rings is 1. The SMILES string of the molecule is COc1cc(Cl)c(Oc2cc(NCc3nc4ccccc4[nH]3)nc(N3CCN(C(=O)N(C)C)CC3)n2)cc1OC. The molecule has 40 heavy (non-hydrogen) atoms. The van der Waals surface area contributed by atoms with Gasteiger partial charge in [-0.25, -0.2) is 9.78 Å². The Morgan fingerprint density at radius 2 is 1.73 bits per heavy atom. The minimum atomic E-state index is -0.0195. The Kier molecular flexibility index (Phi) is 7.96. The number of aromatic nitrogens is 4. The summed E-state index contributed by atoms with van der Waals surface area (Å²) in [5.41, 5.74) is 1.85. The van der Waals surface area contributed by atoms with Gasteiger partial charge in [0.2, 0.25) is 11.8 Å². The Morgan fingerprint density at radius 1 is 1.00 bits per heavy atom. The largest absolute Gasteiger partial charge is 0.493 e. The lowest BCUT2D eigenvalue weighted by Crippen LogP contribution is -2.51. The van der Waals surface area contributed by atoms with Crippen molar-refractivity contribution in [1.82, 2.24) is 29.7 Å². The molecule has 0 spiro atoms. The fourth-order valence-electron chi connectivity index (χ4n) is 4.37. The summed E-state index contributed by atoms with van der Waals surface area (Å²) in [5.74, 6) is 3.39. The number of urea groups is 1. The van der Waals surface area contributed by atoms with Crippen molar-refractivity contribution in [2.45, 2.75) is 6.54 Å². The van der Waals surface area contributed by atoms with Gasteiger partial charge in [0.15, 0.2) is 17.2 Å². The molecular weight excluding hydrogens is 536 g/mol. The third-order valence-electron chi connectivity index (χ3n) is 6.43. The van der Waals surface area contributed by atoms with Crippen LogP contribution in [0.25, 0.3) is 11.0 Å². The first-order valence-corrected chi connectivity index (χ1v) is 13.1. The van der Waals surface area contributed by atoms with E-state index in [4.69, 9.17) is 30.8 Å². The number of H-pyrrole nitrogens is 1. The minimum Gasteiger partial charge on any atom is -0.493 e. The van der Waals surface area contributed by atoms with E-state index in [9.17, 15) is 4.79 Å². The zero-order valence-corrected chi connectivity index (χ0v) is 23.5. The number of hydrogen-bond donors (Lipinski definition) is 2. The second-order valence-corrected chi connectivity index (χ2v) is 9.74. The van der Waals surface area contributed by atoms with Crippen LogP contribution in [0.4, 0.5) is 16.6 Å². The van der Waals surface area contributed by atoms with Gasteiger partial charge in [-0.05, 0) is 12.1 Å². The number of nitrogens with zero attached hydrogens (tertiary/aromatic N) is 6. The molecule has 0 atom stereocenters. The van der Waals surface area contributed by atoms with Gasteiger partial charge in [-0.1, -0.05) is 23.7 Å². The summed E-state index contributed by atoms with van der Waals surface area (Å²) in [4.78, 5) is 35.2. The molecule has 4 aromatic rings. The summed E-state index contributed by atoms with van der Waals surface area (Å²) in [6.07, 6.45) is 0. The van der Waals surface area contributed by atoms with Gasteiger partial charge in [-0.15, -0.1) is 0 Å². The standard InChI is InChI=1S/C27H31ClN8O4/c1-34(2)27(37)36-11-9-35(10-12-36)26-32-23(29-16-24-30-18-7-5-6-8-19(18)31-24)15-25(33-26)40-20-14-22(39-4)21(38-3)13-17(20)28/h5-8,13-15H,9-12,16H2,1-4H3,(H,30,31)(H,29,32,33). The fraction of sp³-hybridized carbons (Fsp3) is 0.333. The number of benzene rings is 2. The number of hydrogen-bond acceptors (Lipinski definition) is 9. The Morgan fingerprint density at radius 3 is 2.42 bits per heavy atom. The van der Waals surface area contributed by atoms with Crippen LogP contribution in [0.2, 0.25) is 5.02 Å². The first-order chi connectivity index (χ1) is 19.3. The number of ether oxygens (including phenoxy) is 3. The molecule has 0 saturated carbocycles. The van der Waals surface area contributed by atoms with E-state index in [2.05, 4.69) is 20.3 Å². The van der Waals surface area contributed by atoms with E-state index in [0.29, 0.717) is 66.8 Å². The van der Waals surface area contributed by atoms with Gasteiger partial charge < -0.3 is 39.2 Å². The lowest BCUT2D eigenvalue weighted by Gasteiger charge is -2.36. The number of rotatable bonds is 8. The van der Waals surface area contributed by atoms with Crippen molar-refractivity contribution in [2.75, 3.05) is 64.7 Å². The highest BCUT2D eigenvalue weighted by molar-refractivity contribution is 6.32. The van der Waals surface area contributed by atoms with Crippen molar-refractivity contribution in [2.24, 2.45) is 0 Å². The van der Waals surface area contributed by atoms with Crippen LogP contribution in [0.1, 0.15) is 5.82 Å². The molecule has 0 aliphatic carbocycles. The van der Waals surface area contributed by atoms with Crippen LogP contribution in [0, 0.1) is 0 Å². The highest BCUT2D eigenvalue weighted by atomic mass is 35.5. The maximum absolute atomic E-state index is 12.4. The predicted molar refractivity (Wildman–Crippen MR) is 153 cm³/mol. The summed E-state index contributed by atoms with van der Waals surface area (Å²) < 4.78 is 16.9. The van der Waals surface area contributed by atoms with Crippen molar-refractivity contribution in [3.8, 4) is 23.1 Å². The van der Waals surface area contributed by atoms with Crippen LogP contribution < -0.4 is 24.4 Å². The quantitative estimate of drug-likeness (QED) is 0.323. The Balaban J connectivity index is 1.41. The summed E-state index contributed by atoms with van der Waals surface area (Å²) >= 11 is 6.48. The Hall–Kier alpha value is -4.45. The number of carbonyl (C=O) groups excluding carboxylic acids is 1. The van der Waals surface area contributed by atoms with Crippen molar-refractivity contribution >= 4 is 40.4 Å². The highest BCUT2D eigenvalue weighted by Crippen LogP contribution is 2.39. The van der Waals surface area contributed by atoms with Crippen LogP contribution in [0.3, 0.4) is 0 Å². The molecule has 2 amide bonds. The van der Waals surface area contributed by atoms with E-state index in [0.717, 1.165) is 16.9 Å². The van der Waals surface area contributed by atoms with E-state index in [1.807, 2.05) is 29.2 Å². The molecule has 5 rings (SSSR count). The number of carbonyl (C=O) groups is 1. The maximum Gasteiger partial charge on any atom is 0.319 e. The van der Waals surface area contributed by atoms with Gasteiger partial charge in [0.05, 0.1) is 36.8 Å². The van der Waals surface area contributed by atoms with Gasteiger partial charge in [0.25, 0.3) is 0 Å². The van der Waals surface area contributed by atoms with Gasteiger partial charge in [-0.3, -0.25) is 0 Å². The van der Waals surface area contributed by atoms with E-state index in [1.54, 1.807) is 49.2 Å². The molecule has 13 heteroatoms. The molecule has 0 bridgehead atoms. The molecule has 1 aliphatic rings. The maximum atomic E-state index is 12.4. The normalized spacial score (nSPS) is 13.3. The molecule has 2 aromatic heterocycles. The van der Waals surface area contributed by atoms with Crippen LogP contribution in [0.15, 0.2) is 42.5 Å². The Labute approximate surface area is 236 Å². The first kappa shape index (κ1) is 27.1. The topological polar surface area (TPSA) is 121 Å². The van der Waals surface area contributed by atoms with Gasteiger partial charge in [-0.2, -0.15) is 9.97 Å².